The second kappa shape index (κ2) is 8.17. The highest BCUT2D eigenvalue weighted by Crippen LogP contribution is 2.29. The molecule has 3 rings (SSSR count). The Hall–Kier alpha value is -2.63. The minimum absolute atomic E-state index is 0.319. The lowest BCUT2D eigenvalue weighted by Gasteiger charge is -2.17. The molecule has 2 aromatic carbocycles. The molecule has 0 atom stereocenters. The van der Waals surface area contributed by atoms with E-state index in [0.29, 0.717) is 18.0 Å². The number of ether oxygens (including phenoxy) is 1. The average molecular weight is 396 g/mol. The van der Waals surface area contributed by atoms with Gasteiger partial charge in [-0.1, -0.05) is 54.1 Å². The molecule has 0 aliphatic carbocycles. The van der Waals surface area contributed by atoms with E-state index in [1.165, 1.54) is 4.31 Å². The Bertz CT molecular complexity index is 1030. The van der Waals surface area contributed by atoms with Crippen LogP contribution in [0.15, 0.2) is 82.8 Å². The second-order valence-corrected chi connectivity index (χ2v) is 8.91. The zero-order chi connectivity index (χ0) is 20.3. The van der Waals surface area contributed by atoms with Crippen molar-refractivity contribution in [2.75, 3.05) is 20.2 Å². The van der Waals surface area contributed by atoms with Gasteiger partial charge in [-0.05, 0) is 54.8 Å². The quantitative estimate of drug-likeness (QED) is 0.718. The van der Waals surface area contributed by atoms with Crippen molar-refractivity contribution in [3.8, 4) is 5.75 Å². The Kier molecular flexibility index (Phi) is 5.87. The Labute approximate surface area is 167 Å². The van der Waals surface area contributed by atoms with Crippen molar-refractivity contribution in [3.63, 3.8) is 0 Å². The van der Waals surface area contributed by atoms with Gasteiger partial charge in [-0.3, -0.25) is 0 Å². The highest BCUT2D eigenvalue weighted by atomic mass is 32.2. The van der Waals surface area contributed by atoms with Crippen LogP contribution in [0, 0.1) is 6.92 Å². The summed E-state index contributed by atoms with van der Waals surface area (Å²) in [5.74, 6) is 0.801. The van der Waals surface area contributed by atoms with E-state index in [9.17, 15) is 8.42 Å². The van der Waals surface area contributed by atoms with E-state index in [-0.39, 0.29) is 0 Å². The van der Waals surface area contributed by atoms with Crippen molar-refractivity contribution < 1.29 is 13.2 Å². The predicted molar refractivity (Wildman–Crippen MR) is 114 cm³/mol. The molecular weight excluding hydrogens is 370 g/mol. The summed E-state index contributed by atoms with van der Waals surface area (Å²) in [5.41, 5.74) is 4.88. The summed E-state index contributed by atoms with van der Waals surface area (Å²) < 4.78 is 32.8. The van der Waals surface area contributed by atoms with Gasteiger partial charge in [0.05, 0.1) is 12.0 Å². The third-order valence-corrected chi connectivity index (χ3v) is 6.64. The molecule has 5 heteroatoms. The number of benzene rings is 2. The Morgan fingerprint density at radius 1 is 1.04 bits per heavy atom. The first-order chi connectivity index (χ1) is 13.3. The Balaban J connectivity index is 1.84. The molecule has 0 spiro atoms. The van der Waals surface area contributed by atoms with Gasteiger partial charge in [-0.2, -0.15) is 4.31 Å². The van der Waals surface area contributed by atoms with Crippen LogP contribution in [0.5, 0.6) is 5.75 Å². The average Bonchev–Trinajstić information content (AvgIpc) is 3.12. The van der Waals surface area contributed by atoms with Crippen LogP contribution in [-0.2, 0) is 10.0 Å². The van der Waals surface area contributed by atoms with E-state index in [1.54, 1.807) is 19.2 Å². The highest BCUT2D eigenvalue weighted by Gasteiger charge is 2.31. The van der Waals surface area contributed by atoms with Crippen LogP contribution in [-0.4, -0.2) is 32.9 Å². The third kappa shape index (κ3) is 4.26. The molecule has 28 heavy (non-hydrogen) atoms. The number of methoxy groups -OCH3 is 1. The van der Waals surface area contributed by atoms with E-state index < -0.39 is 10.0 Å². The lowest BCUT2D eigenvalue weighted by atomic mass is 10.0. The monoisotopic (exact) mass is 395 g/mol. The minimum atomic E-state index is -3.55. The van der Waals surface area contributed by atoms with Crippen LogP contribution in [0.2, 0.25) is 0 Å². The minimum Gasteiger partial charge on any atom is -0.497 e. The van der Waals surface area contributed by atoms with Gasteiger partial charge in [-0.15, -0.1) is 0 Å². The van der Waals surface area contributed by atoms with Gasteiger partial charge < -0.3 is 4.74 Å². The molecule has 0 amide bonds. The fourth-order valence-corrected chi connectivity index (χ4v) is 4.51. The molecule has 1 aliphatic heterocycles. The maximum Gasteiger partial charge on any atom is 0.243 e. The van der Waals surface area contributed by atoms with Crippen molar-refractivity contribution in [1.29, 1.82) is 0 Å². The first-order valence-electron chi connectivity index (χ1n) is 9.08. The van der Waals surface area contributed by atoms with Gasteiger partial charge in [0, 0.05) is 13.1 Å². The van der Waals surface area contributed by atoms with Crippen LogP contribution < -0.4 is 4.74 Å². The summed E-state index contributed by atoms with van der Waals surface area (Å²) in [6, 6.07) is 14.7. The maximum absolute atomic E-state index is 13.0. The molecule has 2 aromatic rings. The molecule has 0 radical (unpaired) electrons. The second-order valence-electron chi connectivity index (χ2n) is 6.98. The Morgan fingerprint density at radius 3 is 2.25 bits per heavy atom. The largest absolute Gasteiger partial charge is 0.497 e. The van der Waals surface area contributed by atoms with Gasteiger partial charge in [0.15, 0.2) is 0 Å². The SMILES string of the molecule is C=C(C)C1=C(/C=C/c2ccc(OC)cc2)CN(S(=O)(=O)c2ccc(C)cc2)C1. The maximum atomic E-state index is 13.0. The first kappa shape index (κ1) is 20.1. The lowest BCUT2D eigenvalue weighted by molar-refractivity contribution is 0.415. The van der Waals surface area contributed by atoms with Gasteiger partial charge in [0.1, 0.15) is 5.75 Å². The fraction of sp³-hybridized carbons (Fsp3) is 0.217. The molecule has 0 unspecified atom stereocenters. The molecule has 1 aliphatic rings. The van der Waals surface area contributed by atoms with E-state index >= 15 is 0 Å². The van der Waals surface area contributed by atoms with Crippen molar-refractivity contribution in [2.24, 2.45) is 0 Å². The summed E-state index contributed by atoms with van der Waals surface area (Å²) in [6.07, 6.45) is 3.97. The molecule has 0 saturated heterocycles. The lowest BCUT2D eigenvalue weighted by Crippen LogP contribution is -2.29. The van der Waals surface area contributed by atoms with E-state index in [2.05, 4.69) is 6.58 Å². The topological polar surface area (TPSA) is 46.6 Å². The van der Waals surface area contributed by atoms with Gasteiger partial charge in [0.25, 0.3) is 0 Å². The van der Waals surface area contributed by atoms with Crippen molar-refractivity contribution >= 4 is 16.1 Å². The smallest absolute Gasteiger partial charge is 0.243 e. The van der Waals surface area contributed by atoms with Gasteiger partial charge in [-0.25, -0.2) is 8.42 Å². The van der Waals surface area contributed by atoms with E-state index in [1.807, 2.05) is 62.4 Å². The molecule has 0 N–H and O–H groups in total. The molecule has 0 bridgehead atoms. The molecule has 4 nitrogen and oxygen atoms in total. The highest BCUT2D eigenvalue weighted by molar-refractivity contribution is 7.89. The molecule has 1 heterocycles. The standard InChI is InChI=1S/C23H25NO3S/c1-17(2)23-16-24(28(25,26)22-13-5-18(3)6-14-22)15-20(23)10-7-19-8-11-21(27-4)12-9-19/h5-14H,1,15-16H2,2-4H3/b10-7+. The van der Waals surface area contributed by atoms with Crippen molar-refractivity contribution in [1.82, 2.24) is 4.31 Å². The zero-order valence-electron chi connectivity index (χ0n) is 16.5. The van der Waals surface area contributed by atoms with Crippen molar-refractivity contribution in [2.45, 2.75) is 18.7 Å². The van der Waals surface area contributed by atoms with Crippen LogP contribution in [0.4, 0.5) is 0 Å². The molecule has 0 aromatic heterocycles. The summed E-state index contributed by atoms with van der Waals surface area (Å²) in [4.78, 5) is 0.319. The Morgan fingerprint density at radius 2 is 1.68 bits per heavy atom. The van der Waals surface area contributed by atoms with Crippen molar-refractivity contribution in [3.05, 3.63) is 89.0 Å². The number of nitrogens with zero attached hydrogens (tertiary/aromatic N) is 1. The normalized spacial score (nSPS) is 15.4. The van der Waals surface area contributed by atoms with E-state index in [0.717, 1.165) is 33.6 Å². The van der Waals surface area contributed by atoms with Crippen LogP contribution >= 0.6 is 0 Å². The number of hydrogen-bond acceptors (Lipinski definition) is 3. The number of rotatable bonds is 6. The first-order valence-corrected chi connectivity index (χ1v) is 10.5. The summed E-state index contributed by atoms with van der Waals surface area (Å²) in [5, 5.41) is 0. The molecule has 146 valence electrons. The van der Waals surface area contributed by atoms with E-state index in [4.69, 9.17) is 4.74 Å². The summed E-state index contributed by atoms with van der Waals surface area (Å²) in [6.45, 7) is 8.57. The zero-order valence-corrected chi connectivity index (χ0v) is 17.3. The van der Waals surface area contributed by atoms with Crippen LogP contribution in [0.3, 0.4) is 0 Å². The van der Waals surface area contributed by atoms with Gasteiger partial charge in [0.2, 0.25) is 10.0 Å². The number of sulfonamides is 1. The fourth-order valence-electron chi connectivity index (χ4n) is 3.12. The molecular formula is C23H25NO3S. The predicted octanol–water partition coefficient (Wildman–Crippen LogP) is 4.59. The summed E-state index contributed by atoms with van der Waals surface area (Å²) in [7, 11) is -1.91. The number of aryl methyl sites for hydroxylation is 1. The van der Waals surface area contributed by atoms with Crippen LogP contribution in [0.25, 0.3) is 6.08 Å². The number of hydrogen-bond donors (Lipinski definition) is 0. The van der Waals surface area contributed by atoms with Gasteiger partial charge >= 0.3 is 0 Å². The summed E-state index contributed by atoms with van der Waals surface area (Å²) >= 11 is 0. The molecule has 0 saturated carbocycles. The third-order valence-electron chi connectivity index (χ3n) is 4.84. The molecule has 0 fully saturated rings. The van der Waals surface area contributed by atoms with Crippen LogP contribution in [0.1, 0.15) is 18.1 Å².